The van der Waals surface area contributed by atoms with Crippen LogP contribution in [0.4, 0.5) is 0 Å². The second kappa shape index (κ2) is 10.6. The molecule has 0 heterocycles. The fourth-order valence-corrected chi connectivity index (χ4v) is 3.35. The lowest BCUT2D eigenvalue weighted by molar-refractivity contribution is 0.0453. The lowest BCUT2D eigenvalue weighted by atomic mass is 10.1. The van der Waals surface area contributed by atoms with Gasteiger partial charge in [-0.15, -0.1) is 0 Å². The Hall–Kier alpha value is -3.11. The van der Waals surface area contributed by atoms with Gasteiger partial charge in [-0.25, -0.2) is 4.79 Å². The van der Waals surface area contributed by atoms with Crippen LogP contribution in [-0.4, -0.2) is 31.1 Å². The molecular formula is C26H29NO3. The van der Waals surface area contributed by atoms with Crippen LogP contribution in [0.15, 0.2) is 72.8 Å². The Morgan fingerprint density at radius 3 is 1.83 bits per heavy atom. The number of hydrogen-bond donors (Lipinski definition) is 0. The second-order valence-corrected chi connectivity index (χ2v) is 7.43. The van der Waals surface area contributed by atoms with Crippen molar-refractivity contribution in [3.05, 3.63) is 101 Å². The summed E-state index contributed by atoms with van der Waals surface area (Å²) in [5.74, 6) is 0.401. The monoisotopic (exact) mass is 403 g/mol. The molecule has 4 nitrogen and oxygen atoms in total. The van der Waals surface area contributed by atoms with Gasteiger partial charge in [-0.3, -0.25) is 4.90 Å². The van der Waals surface area contributed by atoms with Crippen LogP contribution in [0.1, 0.15) is 32.6 Å². The summed E-state index contributed by atoms with van der Waals surface area (Å²) in [6.45, 7) is 6.87. The zero-order chi connectivity index (χ0) is 21.3. The Bertz CT molecular complexity index is 919. The Kier molecular flexibility index (Phi) is 7.63. The molecule has 0 amide bonds. The number of carbonyl (C=O) groups excluding carboxylic acids is 1. The molecule has 0 saturated heterocycles. The van der Waals surface area contributed by atoms with Gasteiger partial charge in [-0.2, -0.15) is 0 Å². The minimum absolute atomic E-state index is 0.315. The molecule has 0 aliphatic carbocycles. The normalized spacial score (nSPS) is 10.8. The molecule has 0 aliphatic rings. The van der Waals surface area contributed by atoms with E-state index in [4.69, 9.17) is 9.47 Å². The Morgan fingerprint density at radius 1 is 0.800 bits per heavy atom. The SMILES string of the molecule is COc1ccc(C(=O)OCCN(Cc2ccccc2C)Cc2ccccc2C)cc1. The average molecular weight is 404 g/mol. The number of aryl methyl sites for hydroxylation is 2. The minimum atomic E-state index is -0.315. The second-order valence-electron chi connectivity index (χ2n) is 7.43. The van der Waals surface area contributed by atoms with E-state index in [1.54, 1.807) is 31.4 Å². The van der Waals surface area contributed by atoms with Crippen LogP contribution in [0.5, 0.6) is 5.75 Å². The highest BCUT2D eigenvalue weighted by Crippen LogP contribution is 2.16. The number of methoxy groups -OCH3 is 1. The summed E-state index contributed by atoms with van der Waals surface area (Å²) in [5, 5.41) is 0. The molecule has 30 heavy (non-hydrogen) atoms. The van der Waals surface area contributed by atoms with Crippen molar-refractivity contribution in [2.45, 2.75) is 26.9 Å². The fourth-order valence-electron chi connectivity index (χ4n) is 3.35. The van der Waals surface area contributed by atoms with E-state index in [-0.39, 0.29) is 5.97 Å². The molecule has 4 heteroatoms. The van der Waals surface area contributed by atoms with Crippen molar-refractivity contribution in [1.82, 2.24) is 4.90 Å². The molecule has 0 aliphatic heterocycles. The van der Waals surface area contributed by atoms with E-state index >= 15 is 0 Å². The van der Waals surface area contributed by atoms with Gasteiger partial charge in [0.1, 0.15) is 12.4 Å². The van der Waals surface area contributed by atoms with Gasteiger partial charge in [0.05, 0.1) is 12.7 Å². The first kappa shape index (κ1) is 21.6. The lowest BCUT2D eigenvalue weighted by Crippen LogP contribution is -2.28. The zero-order valence-corrected chi connectivity index (χ0v) is 17.9. The van der Waals surface area contributed by atoms with Crippen LogP contribution in [0, 0.1) is 13.8 Å². The molecule has 0 saturated carbocycles. The topological polar surface area (TPSA) is 38.8 Å². The Morgan fingerprint density at radius 2 is 1.33 bits per heavy atom. The molecule has 0 fully saturated rings. The first-order valence-corrected chi connectivity index (χ1v) is 10.2. The summed E-state index contributed by atoms with van der Waals surface area (Å²) >= 11 is 0. The van der Waals surface area contributed by atoms with Gasteiger partial charge in [0, 0.05) is 19.6 Å². The van der Waals surface area contributed by atoms with Gasteiger partial charge in [0.25, 0.3) is 0 Å². The number of nitrogens with zero attached hydrogens (tertiary/aromatic N) is 1. The van der Waals surface area contributed by atoms with Gasteiger partial charge >= 0.3 is 5.97 Å². The number of rotatable bonds is 9. The summed E-state index contributed by atoms with van der Waals surface area (Å²) in [4.78, 5) is 14.7. The van der Waals surface area contributed by atoms with Crippen LogP contribution in [0.2, 0.25) is 0 Å². The van der Waals surface area contributed by atoms with Gasteiger partial charge in [-0.1, -0.05) is 48.5 Å². The van der Waals surface area contributed by atoms with Crippen molar-refractivity contribution >= 4 is 5.97 Å². The molecular weight excluding hydrogens is 374 g/mol. The van der Waals surface area contributed by atoms with Crippen molar-refractivity contribution in [3.63, 3.8) is 0 Å². The molecule has 0 atom stereocenters. The summed E-state index contributed by atoms with van der Waals surface area (Å²) in [7, 11) is 1.60. The smallest absolute Gasteiger partial charge is 0.338 e. The third-order valence-electron chi connectivity index (χ3n) is 5.28. The number of esters is 1. The molecule has 0 aromatic heterocycles. The maximum Gasteiger partial charge on any atom is 0.338 e. The van der Waals surface area contributed by atoms with E-state index in [2.05, 4.69) is 67.3 Å². The standard InChI is InChI=1S/C26H29NO3/c1-20-8-4-6-10-23(20)18-27(19-24-11-7-5-9-21(24)2)16-17-30-26(28)22-12-14-25(29-3)15-13-22/h4-15H,16-19H2,1-3H3. The first-order chi connectivity index (χ1) is 14.6. The highest BCUT2D eigenvalue weighted by atomic mass is 16.5. The maximum atomic E-state index is 12.4. The molecule has 0 radical (unpaired) electrons. The predicted octanol–water partition coefficient (Wildman–Crippen LogP) is 5.17. The van der Waals surface area contributed by atoms with Crippen LogP contribution >= 0.6 is 0 Å². The van der Waals surface area contributed by atoms with E-state index in [9.17, 15) is 4.79 Å². The quantitative estimate of drug-likeness (QED) is 0.462. The third kappa shape index (κ3) is 5.94. The Labute approximate surface area is 179 Å². The molecule has 3 aromatic rings. The lowest BCUT2D eigenvalue weighted by Gasteiger charge is -2.24. The van der Waals surface area contributed by atoms with E-state index in [1.807, 2.05) is 0 Å². The third-order valence-corrected chi connectivity index (χ3v) is 5.28. The van der Waals surface area contributed by atoms with E-state index < -0.39 is 0 Å². The van der Waals surface area contributed by atoms with Gasteiger partial charge < -0.3 is 9.47 Å². The van der Waals surface area contributed by atoms with Crippen LogP contribution < -0.4 is 4.74 Å². The highest BCUT2D eigenvalue weighted by molar-refractivity contribution is 5.89. The van der Waals surface area contributed by atoms with Gasteiger partial charge in [0.15, 0.2) is 0 Å². The average Bonchev–Trinajstić information content (AvgIpc) is 2.76. The molecule has 0 bridgehead atoms. The molecule has 156 valence electrons. The number of benzene rings is 3. The van der Waals surface area contributed by atoms with E-state index in [1.165, 1.54) is 22.3 Å². The van der Waals surface area contributed by atoms with Crippen LogP contribution in [-0.2, 0) is 17.8 Å². The molecule has 3 aromatic carbocycles. The first-order valence-electron chi connectivity index (χ1n) is 10.2. The van der Waals surface area contributed by atoms with Crippen molar-refractivity contribution in [2.75, 3.05) is 20.3 Å². The van der Waals surface area contributed by atoms with E-state index in [0.717, 1.165) is 13.1 Å². The molecule has 0 spiro atoms. The molecule has 0 N–H and O–H groups in total. The van der Waals surface area contributed by atoms with Crippen LogP contribution in [0.25, 0.3) is 0 Å². The summed E-state index contributed by atoms with van der Waals surface area (Å²) in [6, 6.07) is 23.8. The number of hydrogen-bond acceptors (Lipinski definition) is 4. The zero-order valence-electron chi connectivity index (χ0n) is 17.9. The summed E-state index contributed by atoms with van der Waals surface area (Å²) in [6.07, 6.45) is 0. The van der Waals surface area contributed by atoms with Crippen molar-refractivity contribution < 1.29 is 14.3 Å². The van der Waals surface area contributed by atoms with E-state index in [0.29, 0.717) is 24.5 Å². The minimum Gasteiger partial charge on any atom is -0.497 e. The Balaban J connectivity index is 1.64. The molecule has 0 unspecified atom stereocenters. The summed E-state index contributed by atoms with van der Waals surface area (Å²) < 4.78 is 10.7. The maximum absolute atomic E-state index is 12.4. The largest absolute Gasteiger partial charge is 0.497 e. The van der Waals surface area contributed by atoms with Crippen molar-refractivity contribution in [3.8, 4) is 5.75 Å². The fraction of sp³-hybridized carbons (Fsp3) is 0.269. The van der Waals surface area contributed by atoms with Crippen LogP contribution in [0.3, 0.4) is 0 Å². The number of carbonyl (C=O) groups is 1. The van der Waals surface area contributed by atoms with Crippen molar-refractivity contribution in [2.24, 2.45) is 0 Å². The summed E-state index contributed by atoms with van der Waals surface area (Å²) in [5.41, 5.74) is 5.63. The highest BCUT2D eigenvalue weighted by Gasteiger charge is 2.12. The number of ether oxygens (including phenoxy) is 2. The molecule has 3 rings (SSSR count). The predicted molar refractivity (Wildman–Crippen MR) is 120 cm³/mol. The van der Waals surface area contributed by atoms with Gasteiger partial charge in [-0.05, 0) is 60.4 Å². The van der Waals surface area contributed by atoms with Crippen molar-refractivity contribution in [1.29, 1.82) is 0 Å². The van der Waals surface area contributed by atoms with Gasteiger partial charge in [0.2, 0.25) is 0 Å².